The molecule has 0 heterocycles. The summed E-state index contributed by atoms with van der Waals surface area (Å²) in [7, 11) is 0. The lowest BCUT2D eigenvalue weighted by molar-refractivity contribution is 0.172. The van der Waals surface area contributed by atoms with Crippen LogP contribution in [0.3, 0.4) is 0 Å². The predicted molar refractivity (Wildman–Crippen MR) is 42.7 cm³/mol. The summed E-state index contributed by atoms with van der Waals surface area (Å²) >= 11 is 0. The molecule has 2 nitrogen and oxygen atoms in total. The van der Waals surface area contributed by atoms with Crippen molar-refractivity contribution in [2.24, 2.45) is 11.8 Å². The van der Waals surface area contributed by atoms with E-state index >= 15 is 0 Å². The van der Waals surface area contributed by atoms with Gasteiger partial charge in [0.1, 0.15) is 0 Å². The van der Waals surface area contributed by atoms with Crippen LogP contribution in [-0.2, 0) is 0 Å². The predicted octanol–water partition coefficient (Wildman–Crippen LogP) is 1.70. The van der Waals surface area contributed by atoms with Crippen LogP contribution < -0.4 is 0 Å². The SMILES string of the molecule is CC(CC#N)[C@H]1CC[C@@H](O)C1. The summed E-state index contributed by atoms with van der Waals surface area (Å²) in [4.78, 5) is 0. The molecule has 1 N–H and O–H groups in total. The molecule has 1 saturated carbocycles. The minimum Gasteiger partial charge on any atom is -0.393 e. The largest absolute Gasteiger partial charge is 0.393 e. The Balaban J connectivity index is 2.32. The van der Waals surface area contributed by atoms with E-state index in [0.717, 1.165) is 19.3 Å². The Morgan fingerprint density at radius 3 is 2.82 bits per heavy atom. The number of nitriles is 1. The Labute approximate surface area is 67.8 Å². The third-order valence-corrected chi connectivity index (χ3v) is 2.66. The highest BCUT2D eigenvalue weighted by Gasteiger charge is 2.26. The highest BCUT2D eigenvalue weighted by Crippen LogP contribution is 2.32. The third-order valence-electron chi connectivity index (χ3n) is 2.66. The van der Waals surface area contributed by atoms with E-state index < -0.39 is 0 Å². The molecule has 1 aliphatic rings. The number of aliphatic hydroxyl groups is 1. The number of hydrogen-bond donors (Lipinski definition) is 1. The van der Waals surface area contributed by atoms with Crippen LogP contribution in [-0.4, -0.2) is 11.2 Å². The summed E-state index contributed by atoms with van der Waals surface area (Å²) < 4.78 is 0. The minimum atomic E-state index is -0.0962. The molecule has 0 aliphatic heterocycles. The number of nitrogens with zero attached hydrogens (tertiary/aromatic N) is 1. The summed E-state index contributed by atoms with van der Waals surface area (Å²) in [6.45, 7) is 2.10. The van der Waals surface area contributed by atoms with E-state index in [4.69, 9.17) is 5.26 Å². The highest BCUT2D eigenvalue weighted by atomic mass is 16.3. The fourth-order valence-electron chi connectivity index (χ4n) is 1.82. The molecule has 1 unspecified atom stereocenters. The first-order valence-electron chi connectivity index (χ1n) is 4.29. The van der Waals surface area contributed by atoms with Crippen LogP contribution in [0, 0.1) is 23.2 Å². The number of rotatable bonds is 2. The Bertz CT molecular complexity index is 161. The normalized spacial score (nSPS) is 33.2. The van der Waals surface area contributed by atoms with E-state index in [1.54, 1.807) is 0 Å². The van der Waals surface area contributed by atoms with Crippen LogP contribution in [0.4, 0.5) is 0 Å². The summed E-state index contributed by atoms with van der Waals surface area (Å²) in [6, 6.07) is 2.18. The average molecular weight is 153 g/mol. The van der Waals surface area contributed by atoms with Gasteiger partial charge in [0, 0.05) is 6.42 Å². The van der Waals surface area contributed by atoms with Gasteiger partial charge in [-0.05, 0) is 31.1 Å². The molecule has 11 heavy (non-hydrogen) atoms. The van der Waals surface area contributed by atoms with Gasteiger partial charge in [-0.1, -0.05) is 6.92 Å². The lowest BCUT2D eigenvalue weighted by Crippen LogP contribution is -2.08. The second kappa shape index (κ2) is 3.73. The average Bonchev–Trinajstić information content (AvgIpc) is 2.36. The van der Waals surface area contributed by atoms with E-state index in [2.05, 4.69) is 13.0 Å². The Morgan fingerprint density at radius 2 is 2.36 bits per heavy atom. The second-order valence-electron chi connectivity index (χ2n) is 3.57. The monoisotopic (exact) mass is 153 g/mol. The molecule has 1 aliphatic carbocycles. The van der Waals surface area contributed by atoms with Crippen molar-refractivity contribution in [3.8, 4) is 6.07 Å². The van der Waals surface area contributed by atoms with E-state index in [-0.39, 0.29) is 6.10 Å². The fraction of sp³-hybridized carbons (Fsp3) is 0.889. The first-order chi connectivity index (χ1) is 5.24. The maximum atomic E-state index is 9.23. The van der Waals surface area contributed by atoms with Crippen molar-refractivity contribution in [2.75, 3.05) is 0 Å². The van der Waals surface area contributed by atoms with Gasteiger partial charge in [0.2, 0.25) is 0 Å². The van der Waals surface area contributed by atoms with Crippen molar-refractivity contribution >= 4 is 0 Å². The maximum Gasteiger partial charge on any atom is 0.0624 e. The van der Waals surface area contributed by atoms with Crippen molar-refractivity contribution in [2.45, 2.75) is 38.7 Å². The van der Waals surface area contributed by atoms with E-state index in [1.165, 1.54) is 0 Å². The third kappa shape index (κ3) is 2.20. The van der Waals surface area contributed by atoms with Crippen LogP contribution in [0.2, 0.25) is 0 Å². The van der Waals surface area contributed by atoms with Crippen molar-refractivity contribution in [1.29, 1.82) is 5.26 Å². The molecule has 0 aromatic heterocycles. The van der Waals surface area contributed by atoms with Gasteiger partial charge in [0.25, 0.3) is 0 Å². The fourth-order valence-corrected chi connectivity index (χ4v) is 1.82. The number of aliphatic hydroxyl groups excluding tert-OH is 1. The van der Waals surface area contributed by atoms with Gasteiger partial charge in [-0.15, -0.1) is 0 Å². The van der Waals surface area contributed by atoms with Gasteiger partial charge in [0.05, 0.1) is 12.2 Å². The van der Waals surface area contributed by atoms with E-state index in [0.29, 0.717) is 18.3 Å². The van der Waals surface area contributed by atoms with Crippen LogP contribution in [0.15, 0.2) is 0 Å². The summed E-state index contributed by atoms with van der Waals surface area (Å²) in [5.41, 5.74) is 0. The van der Waals surface area contributed by atoms with Gasteiger partial charge < -0.3 is 5.11 Å². The quantitative estimate of drug-likeness (QED) is 0.656. The summed E-state index contributed by atoms with van der Waals surface area (Å²) in [6.07, 6.45) is 3.48. The molecule has 0 spiro atoms. The van der Waals surface area contributed by atoms with Crippen LogP contribution in [0.1, 0.15) is 32.6 Å². The summed E-state index contributed by atoms with van der Waals surface area (Å²) in [5, 5.41) is 17.7. The Hall–Kier alpha value is -0.550. The molecule has 1 fully saturated rings. The van der Waals surface area contributed by atoms with Gasteiger partial charge in [-0.2, -0.15) is 5.26 Å². The molecule has 0 radical (unpaired) electrons. The lowest BCUT2D eigenvalue weighted by atomic mass is 9.90. The number of hydrogen-bond acceptors (Lipinski definition) is 2. The zero-order valence-corrected chi connectivity index (χ0v) is 6.95. The van der Waals surface area contributed by atoms with Crippen molar-refractivity contribution < 1.29 is 5.11 Å². The zero-order chi connectivity index (χ0) is 8.27. The molecule has 0 aromatic carbocycles. The standard InChI is InChI=1S/C9H15NO/c1-7(4-5-10)8-2-3-9(11)6-8/h7-9,11H,2-4,6H2,1H3/t7?,8-,9+/m0/s1. The second-order valence-corrected chi connectivity index (χ2v) is 3.57. The smallest absolute Gasteiger partial charge is 0.0624 e. The van der Waals surface area contributed by atoms with Crippen LogP contribution >= 0.6 is 0 Å². The van der Waals surface area contributed by atoms with Crippen molar-refractivity contribution in [3.63, 3.8) is 0 Å². The minimum absolute atomic E-state index is 0.0962. The topological polar surface area (TPSA) is 44.0 Å². The molecule has 0 amide bonds. The van der Waals surface area contributed by atoms with Gasteiger partial charge in [-0.3, -0.25) is 0 Å². The Kier molecular flexibility index (Phi) is 2.90. The van der Waals surface area contributed by atoms with E-state index in [1.807, 2.05) is 0 Å². The van der Waals surface area contributed by atoms with Gasteiger partial charge >= 0.3 is 0 Å². The molecule has 1 rings (SSSR count). The first-order valence-corrected chi connectivity index (χ1v) is 4.29. The molecular formula is C9H15NO. The first kappa shape index (κ1) is 8.55. The molecule has 0 bridgehead atoms. The van der Waals surface area contributed by atoms with Gasteiger partial charge in [-0.25, -0.2) is 0 Å². The zero-order valence-electron chi connectivity index (χ0n) is 6.95. The highest BCUT2D eigenvalue weighted by molar-refractivity contribution is 4.83. The van der Waals surface area contributed by atoms with Gasteiger partial charge in [0.15, 0.2) is 0 Å². The molecule has 0 aromatic rings. The van der Waals surface area contributed by atoms with Crippen molar-refractivity contribution in [1.82, 2.24) is 0 Å². The van der Waals surface area contributed by atoms with Crippen LogP contribution in [0.5, 0.6) is 0 Å². The molecule has 0 saturated heterocycles. The maximum absolute atomic E-state index is 9.23. The van der Waals surface area contributed by atoms with Crippen molar-refractivity contribution in [3.05, 3.63) is 0 Å². The molecule has 2 heteroatoms. The molecule has 3 atom stereocenters. The summed E-state index contributed by atoms with van der Waals surface area (Å²) in [5.74, 6) is 1.06. The molecule has 62 valence electrons. The van der Waals surface area contributed by atoms with E-state index in [9.17, 15) is 5.11 Å². The lowest BCUT2D eigenvalue weighted by Gasteiger charge is -2.14. The molecular weight excluding hydrogens is 138 g/mol. The Morgan fingerprint density at radius 1 is 1.64 bits per heavy atom. The van der Waals surface area contributed by atoms with Crippen LogP contribution in [0.25, 0.3) is 0 Å².